The molecule has 1 aliphatic carbocycles. The van der Waals surface area contributed by atoms with Gasteiger partial charge < -0.3 is 21.5 Å². The first-order chi connectivity index (χ1) is 10.6. The first kappa shape index (κ1) is 20.4. The quantitative estimate of drug-likeness (QED) is 0.750. The summed E-state index contributed by atoms with van der Waals surface area (Å²) >= 11 is 0. The van der Waals surface area contributed by atoms with Crippen LogP contribution in [0, 0.1) is 12.3 Å². The Balaban J connectivity index is 0.00000288. The van der Waals surface area contributed by atoms with Gasteiger partial charge in [-0.05, 0) is 37.6 Å². The Morgan fingerprint density at radius 2 is 2.00 bits per heavy atom. The average Bonchev–Trinajstić information content (AvgIpc) is 2.46. The highest BCUT2D eigenvalue weighted by Gasteiger charge is 2.62. The Bertz CT molecular complexity index is 648. The molecule has 0 aliphatic heterocycles. The van der Waals surface area contributed by atoms with Gasteiger partial charge in [0, 0.05) is 29.7 Å². The first-order valence-electron chi connectivity index (χ1n) is 7.76. The summed E-state index contributed by atoms with van der Waals surface area (Å²) < 4.78 is 5.64. The average molecular weight is 356 g/mol. The van der Waals surface area contributed by atoms with Crippen molar-refractivity contribution in [2.75, 3.05) is 11.9 Å². The third-order valence-electron chi connectivity index (χ3n) is 4.98. The molecule has 24 heavy (non-hydrogen) atoms. The number of primary amides is 1. The van der Waals surface area contributed by atoms with Crippen LogP contribution in [0.15, 0.2) is 18.2 Å². The van der Waals surface area contributed by atoms with E-state index in [2.05, 4.69) is 5.32 Å². The molecular formula is C17H26ClN3O3. The van der Waals surface area contributed by atoms with Gasteiger partial charge in [0.2, 0.25) is 11.8 Å². The molecule has 0 heterocycles. The number of hydrogen-bond acceptors (Lipinski definition) is 4. The Labute approximate surface area is 148 Å². The number of aryl methyl sites for hydroxylation is 1. The maximum absolute atomic E-state index is 12.6. The third kappa shape index (κ3) is 3.27. The first-order valence-corrected chi connectivity index (χ1v) is 7.76. The number of carbonyl (C=O) groups excluding carboxylic acids is 2. The monoisotopic (exact) mass is 355 g/mol. The number of amides is 2. The predicted molar refractivity (Wildman–Crippen MR) is 96.3 cm³/mol. The van der Waals surface area contributed by atoms with E-state index in [1.165, 1.54) is 0 Å². The summed E-state index contributed by atoms with van der Waals surface area (Å²) in [5.41, 5.74) is 11.9. The number of rotatable bonds is 5. The lowest BCUT2D eigenvalue weighted by Gasteiger charge is -2.57. The molecule has 0 aromatic heterocycles. The van der Waals surface area contributed by atoms with Gasteiger partial charge in [-0.25, -0.2) is 0 Å². The normalized spacial score (nSPS) is 24.5. The van der Waals surface area contributed by atoms with Crippen molar-refractivity contribution < 1.29 is 14.3 Å². The van der Waals surface area contributed by atoms with Crippen LogP contribution in [0.25, 0.3) is 0 Å². The van der Waals surface area contributed by atoms with E-state index in [0.29, 0.717) is 29.8 Å². The zero-order valence-corrected chi connectivity index (χ0v) is 15.3. The molecule has 0 saturated heterocycles. The topological polar surface area (TPSA) is 107 Å². The standard InChI is InChI=1S/C17H25N3O3.ClH/c1-5-23-13-9-17(19,16(13,3)4)15(22)20-11-6-7-12(14(18)21)10(2)8-11;/h6-8,13H,5,9,19H2,1-4H3,(H2,18,21)(H,20,22);1H. The van der Waals surface area contributed by atoms with Gasteiger partial charge in [0.05, 0.1) is 6.10 Å². The Hall–Kier alpha value is -1.63. The van der Waals surface area contributed by atoms with E-state index < -0.39 is 16.9 Å². The summed E-state index contributed by atoms with van der Waals surface area (Å²) in [4.78, 5) is 23.9. The third-order valence-corrected chi connectivity index (χ3v) is 4.98. The molecule has 1 aromatic carbocycles. The minimum atomic E-state index is -0.983. The van der Waals surface area contributed by atoms with E-state index in [1.807, 2.05) is 20.8 Å². The molecule has 1 fully saturated rings. The molecule has 2 amide bonds. The Morgan fingerprint density at radius 3 is 2.46 bits per heavy atom. The smallest absolute Gasteiger partial charge is 0.248 e. The van der Waals surface area contributed by atoms with Crippen molar-refractivity contribution >= 4 is 29.9 Å². The molecule has 134 valence electrons. The van der Waals surface area contributed by atoms with Crippen molar-refractivity contribution in [1.29, 1.82) is 0 Å². The minimum absolute atomic E-state index is 0. The number of carbonyl (C=O) groups is 2. The number of anilines is 1. The summed E-state index contributed by atoms with van der Waals surface area (Å²) in [6.45, 7) is 8.18. The van der Waals surface area contributed by atoms with Crippen LogP contribution in [0.5, 0.6) is 0 Å². The second-order valence-corrected chi connectivity index (χ2v) is 6.69. The predicted octanol–water partition coefficient (Wildman–Crippen LogP) is 1.99. The molecule has 2 rings (SSSR count). The summed E-state index contributed by atoms with van der Waals surface area (Å²) in [6, 6.07) is 4.97. The number of ether oxygens (including phenoxy) is 1. The minimum Gasteiger partial charge on any atom is -0.378 e. The second-order valence-electron chi connectivity index (χ2n) is 6.69. The zero-order chi connectivity index (χ0) is 17.4. The number of hydrogen-bond donors (Lipinski definition) is 3. The van der Waals surface area contributed by atoms with Crippen molar-refractivity contribution in [2.45, 2.75) is 45.8 Å². The van der Waals surface area contributed by atoms with Crippen molar-refractivity contribution in [1.82, 2.24) is 0 Å². The molecule has 1 aromatic rings. The Kier molecular flexibility index (Phi) is 6.03. The Morgan fingerprint density at radius 1 is 1.38 bits per heavy atom. The van der Waals surface area contributed by atoms with Gasteiger partial charge in [0.15, 0.2) is 0 Å². The van der Waals surface area contributed by atoms with Gasteiger partial charge >= 0.3 is 0 Å². The fourth-order valence-electron chi connectivity index (χ4n) is 3.08. The molecule has 1 aliphatic rings. The molecule has 5 N–H and O–H groups in total. The molecule has 0 radical (unpaired) electrons. The lowest BCUT2D eigenvalue weighted by atomic mass is 9.54. The van der Waals surface area contributed by atoms with Crippen LogP contribution < -0.4 is 16.8 Å². The van der Waals surface area contributed by atoms with Crippen LogP contribution in [0.4, 0.5) is 5.69 Å². The molecule has 6 nitrogen and oxygen atoms in total. The maximum atomic E-state index is 12.6. The maximum Gasteiger partial charge on any atom is 0.248 e. The highest BCUT2D eigenvalue weighted by atomic mass is 35.5. The van der Waals surface area contributed by atoms with Crippen molar-refractivity contribution in [3.8, 4) is 0 Å². The van der Waals surface area contributed by atoms with Crippen LogP contribution in [0.1, 0.15) is 43.1 Å². The van der Waals surface area contributed by atoms with E-state index in [0.717, 1.165) is 0 Å². The molecule has 2 atom stereocenters. The van der Waals surface area contributed by atoms with E-state index in [4.69, 9.17) is 16.2 Å². The summed E-state index contributed by atoms with van der Waals surface area (Å²) in [7, 11) is 0. The second kappa shape index (κ2) is 7.09. The number of benzene rings is 1. The van der Waals surface area contributed by atoms with Crippen molar-refractivity contribution in [3.63, 3.8) is 0 Å². The largest absolute Gasteiger partial charge is 0.378 e. The lowest BCUT2D eigenvalue weighted by molar-refractivity contribution is -0.166. The van der Waals surface area contributed by atoms with E-state index in [1.54, 1.807) is 25.1 Å². The highest BCUT2D eigenvalue weighted by molar-refractivity contribution is 6.00. The van der Waals surface area contributed by atoms with Crippen molar-refractivity contribution in [3.05, 3.63) is 29.3 Å². The molecule has 0 spiro atoms. The molecule has 2 unspecified atom stereocenters. The molecule has 7 heteroatoms. The number of nitrogens with two attached hydrogens (primary N) is 2. The van der Waals surface area contributed by atoms with E-state index >= 15 is 0 Å². The van der Waals surface area contributed by atoms with Gasteiger partial charge in [0.25, 0.3) is 0 Å². The highest BCUT2D eigenvalue weighted by Crippen LogP contribution is 2.50. The lowest BCUT2D eigenvalue weighted by Crippen LogP contribution is -2.74. The van der Waals surface area contributed by atoms with E-state index in [-0.39, 0.29) is 24.4 Å². The van der Waals surface area contributed by atoms with Crippen LogP contribution in [-0.2, 0) is 9.53 Å². The van der Waals surface area contributed by atoms with Gasteiger partial charge in [-0.2, -0.15) is 0 Å². The van der Waals surface area contributed by atoms with Crippen molar-refractivity contribution in [2.24, 2.45) is 16.9 Å². The van der Waals surface area contributed by atoms with Crippen LogP contribution >= 0.6 is 12.4 Å². The fraction of sp³-hybridized carbons (Fsp3) is 0.529. The summed E-state index contributed by atoms with van der Waals surface area (Å²) in [5.74, 6) is -0.736. The van der Waals surface area contributed by atoms with Crippen LogP contribution in [0.2, 0.25) is 0 Å². The van der Waals surface area contributed by atoms with Gasteiger partial charge in [-0.15, -0.1) is 12.4 Å². The zero-order valence-electron chi connectivity index (χ0n) is 14.5. The molecular weight excluding hydrogens is 330 g/mol. The molecule has 0 bridgehead atoms. The van der Waals surface area contributed by atoms with Crippen LogP contribution in [-0.4, -0.2) is 30.1 Å². The van der Waals surface area contributed by atoms with E-state index in [9.17, 15) is 9.59 Å². The number of nitrogens with one attached hydrogen (secondary N) is 1. The summed E-state index contributed by atoms with van der Waals surface area (Å²) in [6.07, 6.45) is 0.458. The fourth-order valence-corrected chi connectivity index (χ4v) is 3.08. The SMILES string of the molecule is CCOC1CC(N)(C(=O)Nc2ccc(C(N)=O)c(C)c2)C1(C)C.Cl. The number of halogens is 1. The van der Waals surface area contributed by atoms with Gasteiger partial charge in [-0.1, -0.05) is 13.8 Å². The van der Waals surface area contributed by atoms with Crippen LogP contribution in [0.3, 0.4) is 0 Å². The molecule has 1 saturated carbocycles. The van der Waals surface area contributed by atoms with Gasteiger partial charge in [0.1, 0.15) is 5.54 Å². The summed E-state index contributed by atoms with van der Waals surface area (Å²) in [5, 5.41) is 2.84. The van der Waals surface area contributed by atoms with Gasteiger partial charge in [-0.3, -0.25) is 9.59 Å².